The zero-order valence-corrected chi connectivity index (χ0v) is 64.7. The molecule has 8 rings (SSSR count). The molecule has 4 aliphatic heterocycles. The molecule has 98 heavy (non-hydrogen) atoms. The van der Waals surface area contributed by atoms with Gasteiger partial charge in [0.25, 0.3) is 5.69 Å². The summed E-state index contributed by atoms with van der Waals surface area (Å²) in [6.07, 6.45) is 7.99. The number of aliphatic hydroxyl groups excluding tert-OH is 1. The number of amides is 1. The Balaban J connectivity index is 0.000000449. The number of carboxylic acids is 1. The number of halogens is 5. The number of hydrogen-bond donors (Lipinski definition) is 5. The molecule has 0 aromatic heterocycles. The summed E-state index contributed by atoms with van der Waals surface area (Å²) in [5.74, 6) is -0.959. The topological polar surface area (TPSA) is 247 Å². The highest BCUT2D eigenvalue weighted by atomic mass is 79.9. The van der Waals surface area contributed by atoms with Gasteiger partial charge in [0.2, 0.25) is 11.7 Å². The number of ketones is 1. The molecule has 0 radical (unpaired) electrons. The van der Waals surface area contributed by atoms with E-state index in [1.54, 1.807) is 32.9 Å². The first-order chi connectivity index (χ1) is 46.0. The van der Waals surface area contributed by atoms with Gasteiger partial charge in [-0.1, -0.05) is 93.3 Å². The van der Waals surface area contributed by atoms with Gasteiger partial charge in [-0.3, -0.25) is 34.6 Å². The predicted molar refractivity (Wildman–Crippen MR) is 401 cm³/mol. The van der Waals surface area contributed by atoms with Gasteiger partial charge in [-0.05, 0) is 218 Å². The van der Waals surface area contributed by atoms with Gasteiger partial charge >= 0.3 is 11.7 Å². The summed E-state index contributed by atoms with van der Waals surface area (Å²) in [5.41, 5.74) is 7.11. The predicted octanol–water partition coefficient (Wildman–Crippen LogP) is 14.3. The van der Waals surface area contributed by atoms with Crippen molar-refractivity contribution in [3.63, 3.8) is 0 Å². The summed E-state index contributed by atoms with van der Waals surface area (Å²) >= 11 is 7.53. The number of aliphatic hydroxyl groups is 1. The zero-order chi connectivity index (χ0) is 74.0. The van der Waals surface area contributed by atoms with Crippen LogP contribution in [0.25, 0.3) is 0 Å². The minimum absolute atomic E-state index is 0.104. The molecule has 552 valence electrons. The van der Waals surface area contributed by atoms with E-state index >= 15 is 0 Å². The van der Waals surface area contributed by atoms with Crippen LogP contribution in [-0.4, -0.2) is 194 Å². The number of piperidine rings is 4. The molecular formula is C72H114Br2F3N11O9S. The Bertz CT molecular complexity index is 3030. The number of anilines is 3. The van der Waals surface area contributed by atoms with Crippen molar-refractivity contribution in [2.45, 2.75) is 162 Å². The number of nitro benzene ring substituents is 2. The smallest absolute Gasteiger partial charge is 0.319 e. The first-order valence-electron chi connectivity index (χ1n) is 34.2. The lowest BCUT2D eigenvalue weighted by Crippen LogP contribution is -2.45. The van der Waals surface area contributed by atoms with Crippen molar-refractivity contribution in [2.75, 3.05) is 128 Å². The van der Waals surface area contributed by atoms with E-state index in [2.05, 4.69) is 148 Å². The van der Waals surface area contributed by atoms with Gasteiger partial charge in [0.1, 0.15) is 27.9 Å². The number of carboxylic acid groups (broad SMARTS) is 1. The molecule has 4 aromatic carbocycles. The third-order valence-corrected chi connectivity index (χ3v) is 18.4. The van der Waals surface area contributed by atoms with E-state index in [1.807, 2.05) is 31.3 Å². The van der Waals surface area contributed by atoms with Crippen molar-refractivity contribution in [1.29, 1.82) is 0 Å². The van der Waals surface area contributed by atoms with E-state index in [0.717, 1.165) is 150 Å². The molecule has 20 nitrogen and oxygen atoms in total. The van der Waals surface area contributed by atoms with Gasteiger partial charge < -0.3 is 56.0 Å². The molecule has 0 unspecified atom stereocenters. The fourth-order valence-electron chi connectivity index (χ4n) is 10.6. The molecule has 0 bridgehead atoms. The van der Waals surface area contributed by atoms with E-state index in [1.165, 1.54) is 56.4 Å². The van der Waals surface area contributed by atoms with Gasteiger partial charge in [0.15, 0.2) is 0 Å². The number of nitrogens with zero attached hydrogens (tertiary/aromatic N) is 8. The van der Waals surface area contributed by atoms with Crippen LogP contribution in [-0.2, 0) is 20.8 Å². The lowest BCUT2D eigenvalue weighted by atomic mass is 10.0. The van der Waals surface area contributed by atoms with Crippen LogP contribution in [0, 0.1) is 61.4 Å². The molecule has 4 fully saturated rings. The number of carbonyl (C=O) groups is 3. The van der Waals surface area contributed by atoms with E-state index in [-0.39, 0.29) is 35.2 Å². The minimum atomic E-state index is -1.06. The molecule has 4 aliphatic rings. The highest BCUT2D eigenvalue weighted by Crippen LogP contribution is 2.40. The van der Waals surface area contributed by atoms with Crippen LogP contribution in [0.2, 0.25) is 0 Å². The molecule has 0 spiro atoms. The minimum Gasteiger partial charge on any atom is -0.480 e. The lowest BCUT2D eigenvalue weighted by Gasteiger charge is -2.40. The fraction of sp³-hybridized carbons (Fsp3) is 0.625. The van der Waals surface area contributed by atoms with Crippen LogP contribution in [0.5, 0.6) is 0 Å². The van der Waals surface area contributed by atoms with Crippen LogP contribution >= 0.6 is 43.6 Å². The van der Waals surface area contributed by atoms with Gasteiger partial charge in [0, 0.05) is 95.8 Å². The number of benzene rings is 4. The molecule has 4 saturated heterocycles. The number of nitrogens with two attached hydrogens (primary N) is 1. The Morgan fingerprint density at radius 2 is 1.09 bits per heavy atom. The van der Waals surface area contributed by atoms with Crippen molar-refractivity contribution in [3.05, 3.63) is 125 Å². The van der Waals surface area contributed by atoms with Crippen LogP contribution < -0.4 is 26.2 Å². The number of likely N-dealkylation sites (tertiary alicyclic amines) is 4. The second-order valence-corrected chi connectivity index (χ2v) is 31.2. The maximum Gasteiger partial charge on any atom is 0.319 e. The molecule has 6 N–H and O–H groups in total. The SMILES string of the molecule is CC(C)CN.CC(C)CN(c1ccc(Br)cc1[N+](=O)[O-])C1CCN(C)CC1.CC(C)CN(c1ccc(SC(C)(C)C(=O)O)cc1NC(=O)Cc1ccc(F)cc1F)C1CCN(C)CC1.CC(C)CNC1CCN(C)CC1.CCO.CN1CCC(=O)CC1.O=[N+]([O-])c1cc(Br)ccc1F. The quantitative estimate of drug-likeness (QED) is 0.0313. The molecule has 0 aliphatic carbocycles. The van der Waals surface area contributed by atoms with Gasteiger partial charge in [-0.15, -0.1) is 11.8 Å². The Morgan fingerprint density at radius 1 is 0.653 bits per heavy atom. The molecule has 26 heteroatoms. The lowest BCUT2D eigenvalue weighted by molar-refractivity contribution is -0.387. The van der Waals surface area contributed by atoms with Crippen molar-refractivity contribution < 1.29 is 47.6 Å². The standard InChI is InChI=1S/C28H37F2N3O3S.C16H24BrN3O2.C10H22N2.C6H3BrFNO2.C6H11NO.C4H11N.C2H6O/c1-18(2)17-33(21-10-12-32(5)13-11-21)25-9-8-22(37-28(3,4)27(35)36)16-24(25)31-26(34)14-19-6-7-20(29)15-23(19)30;1-12(2)11-19(14-6-8-18(3)9-7-14)15-5-4-13(17)10-16(15)20(21)22;1-9(2)8-11-10-4-6-12(3)7-5-10;7-4-1-2-5(8)6(3-4)9(10)11;1-7-4-2-6(8)3-5-7;1-4(2)3-5;1-2-3/h6-9,15-16,18,21H,10-14,17H2,1-5H3,(H,31,34)(H,35,36);4-5,10,12,14H,6-9,11H2,1-3H3;9-11H,4-8H2,1-3H3;1-3H;2-5H2,1H3;4H,3,5H2,1-2H3;3H,2H2,1H3. The number of aliphatic carboxylic acids is 1. The second-order valence-electron chi connectivity index (χ2n) is 27.6. The van der Waals surface area contributed by atoms with E-state index in [9.17, 15) is 52.9 Å². The summed E-state index contributed by atoms with van der Waals surface area (Å²) in [7, 11) is 8.50. The first kappa shape index (κ1) is 88.8. The summed E-state index contributed by atoms with van der Waals surface area (Å²) in [4.78, 5) is 70.4. The molecule has 4 aromatic rings. The fourth-order valence-corrected chi connectivity index (χ4v) is 12.3. The highest BCUT2D eigenvalue weighted by Gasteiger charge is 2.32. The Hall–Kier alpha value is -5.29. The van der Waals surface area contributed by atoms with Gasteiger partial charge in [-0.25, -0.2) is 8.78 Å². The van der Waals surface area contributed by atoms with Crippen LogP contribution in [0.15, 0.2) is 86.6 Å². The second kappa shape index (κ2) is 46.3. The summed E-state index contributed by atoms with van der Waals surface area (Å²) in [6.45, 7) is 34.6. The average molecular weight is 1530 g/mol. The first-order valence-corrected chi connectivity index (χ1v) is 36.6. The van der Waals surface area contributed by atoms with Crippen molar-refractivity contribution in [3.8, 4) is 0 Å². The van der Waals surface area contributed by atoms with Crippen molar-refractivity contribution >= 4 is 89.7 Å². The molecule has 4 heterocycles. The number of nitro groups is 2. The number of Topliss-reactive ketones (excluding diaryl/α,β-unsaturated/α-hetero) is 1. The number of carbonyl (C=O) groups excluding carboxylic acids is 2. The van der Waals surface area contributed by atoms with Crippen molar-refractivity contribution in [2.24, 2.45) is 29.4 Å². The third kappa shape index (κ3) is 34.9. The summed E-state index contributed by atoms with van der Waals surface area (Å²) in [5, 5.41) is 45.3. The van der Waals surface area contributed by atoms with E-state index in [4.69, 9.17) is 10.8 Å². The Morgan fingerprint density at radius 3 is 1.51 bits per heavy atom. The highest BCUT2D eigenvalue weighted by molar-refractivity contribution is 9.10. The number of hydrogen-bond acceptors (Lipinski definition) is 17. The maximum absolute atomic E-state index is 14.2. The Kier molecular flexibility index (Phi) is 41.9. The third-order valence-electron chi connectivity index (χ3n) is 16.3. The molecule has 0 atom stereocenters. The number of nitrogens with one attached hydrogen (secondary N) is 2. The zero-order valence-electron chi connectivity index (χ0n) is 60.7. The monoisotopic (exact) mass is 1520 g/mol. The molecular weight excluding hydrogens is 1410 g/mol. The van der Waals surface area contributed by atoms with E-state index in [0.29, 0.717) is 44.6 Å². The van der Waals surface area contributed by atoms with E-state index < -0.39 is 44.7 Å². The van der Waals surface area contributed by atoms with Gasteiger partial charge in [0.05, 0.1) is 27.6 Å². The largest absolute Gasteiger partial charge is 0.480 e. The normalized spacial score (nSPS) is 15.9. The molecule has 1 amide bonds. The molecule has 0 saturated carbocycles. The maximum atomic E-state index is 14.2. The van der Waals surface area contributed by atoms with Crippen molar-refractivity contribution in [1.82, 2.24) is 24.9 Å². The van der Waals surface area contributed by atoms with Crippen LogP contribution in [0.1, 0.15) is 133 Å². The number of thioether (sulfide) groups is 1. The average Bonchev–Trinajstić information content (AvgIpc) is 0.820. The number of rotatable bonds is 20. The summed E-state index contributed by atoms with van der Waals surface area (Å²) in [6, 6.07) is 19.2. The van der Waals surface area contributed by atoms with Crippen LogP contribution in [0.3, 0.4) is 0 Å². The summed E-state index contributed by atoms with van der Waals surface area (Å²) < 4.78 is 40.3. The van der Waals surface area contributed by atoms with Crippen LogP contribution in [0.4, 0.5) is 41.6 Å². The van der Waals surface area contributed by atoms with Gasteiger partial charge in [-0.2, -0.15) is 4.39 Å². The Labute approximate surface area is 603 Å².